The van der Waals surface area contributed by atoms with Crippen LogP contribution in [-0.2, 0) is 13.5 Å². The van der Waals surface area contributed by atoms with E-state index in [1.165, 1.54) is 0 Å². The lowest BCUT2D eigenvalue weighted by Gasteiger charge is -2.08. The van der Waals surface area contributed by atoms with Crippen LogP contribution in [-0.4, -0.2) is 27.5 Å². The van der Waals surface area contributed by atoms with Crippen LogP contribution < -0.4 is 4.74 Å². The van der Waals surface area contributed by atoms with E-state index < -0.39 is 5.97 Å². The first-order chi connectivity index (χ1) is 9.45. The van der Waals surface area contributed by atoms with Crippen molar-refractivity contribution in [3.8, 4) is 5.75 Å². The molecule has 0 unspecified atom stereocenters. The summed E-state index contributed by atoms with van der Waals surface area (Å²) in [4.78, 5) is 10.8. The van der Waals surface area contributed by atoms with Crippen molar-refractivity contribution in [2.45, 2.75) is 20.3 Å². The molecule has 106 valence electrons. The van der Waals surface area contributed by atoms with Crippen molar-refractivity contribution in [1.82, 2.24) is 9.78 Å². The second kappa shape index (κ2) is 5.77. The molecular weight excluding hydrogens is 256 g/mol. The van der Waals surface area contributed by atoms with Crippen LogP contribution in [0.5, 0.6) is 5.75 Å². The number of rotatable bonds is 5. The van der Waals surface area contributed by atoms with Gasteiger partial charge in [0.1, 0.15) is 5.75 Å². The molecular formula is C15H18N2O3. The molecule has 0 atom stereocenters. The van der Waals surface area contributed by atoms with E-state index in [4.69, 9.17) is 9.84 Å². The van der Waals surface area contributed by atoms with Gasteiger partial charge in [-0.05, 0) is 43.2 Å². The molecule has 0 aliphatic rings. The van der Waals surface area contributed by atoms with Crippen molar-refractivity contribution < 1.29 is 14.6 Å². The van der Waals surface area contributed by atoms with Gasteiger partial charge in [-0.25, -0.2) is 4.79 Å². The van der Waals surface area contributed by atoms with Crippen LogP contribution in [0.2, 0.25) is 0 Å². The summed E-state index contributed by atoms with van der Waals surface area (Å²) >= 11 is 0. The molecule has 5 heteroatoms. The topological polar surface area (TPSA) is 64.3 Å². The number of carboxylic acid groups (broad SMARTS) is 1. The van der Waals surface area contributed by atoms with Gasteiger partial charge in [-0.3, -0.25) is 4.68 Å². The number of ether oxygens (including phenoxy) is 1. The lowest BCUT2D eigenvalue weighted by molar-refractivity contribution is 0.0689. The fraction of sp³-hybridized carbons (Fsp3) is 0.333. The van der Waals surface area contributed by atoms with Gasteiger partial charge in [-0.1, -0.05) is 6.07 Å². The molecule has 2 rings (SSSR count). The van der Waals surface area contributed by atoms with Crippen LogP contribution in [0.25, 0.3) is 0 Å². The SMILES string of the molecule is Cc1cc(C)cc(OCCc2cc(C(=O)O)nn2C)c1. The second-order valence-electron chi connectivity index (χ2n) is 4.87. The Kier molecular flexibility index (Phi) is 4.08. The van der Waals surface area contributed by atoms with Gasteiger partial charge in [0, 0.05) is 19.2 Å². The highest BCUT2D eigenvalue weighted by atomic mass is 16.5. The molecule has 20 heavy (non-hydrogen) atoms. The first-order valence-corrected chi connectivity index (χ1v) is 6.43. The average Bonchev–Trinajstić information content (AvgIpc) is 2.70. The molecule has 1 aromatic heterocycles. The van der Waals surface area contributed by atoms with Crippen molar-refractivity contribution in [2.75, 3.05) is 6.61 Å². The molecule has 0 aliphatic carbocycles. The fourth-order valence-electron chi connectivity index (χ4n) is 2.13. The monoisotopic (exact) mass is 274 g/mol. The van der Waals surface area contributed by atoms with Crippen molar-refractivity contribution in [2.24, 2.45) is 7.05 Å². The van der Waals surface area contributed by atoms with Gasteiger partial charge in [0.25, 0.3) is 0 Å². The van der Waals surface area contributed by atoms with Crippen LogP contribution in [0.3, 0.4) is 0 Å². The molecule has 0 fully saturated rings. The highest BCUT2D eigenvalue weighted by molar-refractivity contribution is 5.85. The molecule has 0 spiro atoms. The number of hydrogen-bond acceptors (Lipinski definition) is 3. The van der Waals surface area contributed by atoms with Crippen LogP contribution >= 0.6 is 0 Å². The lowest BCUT2D eigenvalue weighted by Crippen LogP contribution is -2.06. The van der Waals surface area contributed by atoms with Gasteiger partial charge in [0.05, 0.1) is 6.61 Å². The van der Waals surface area contributed by atoms with Crippen LogP contribution in [0.1, 0.15) is 27.3 Å². The van der Waals surface area contributed by atoms with Crippen LogP contribution in [0.15, 0.2) is 24.3 Å². The Hall–Kier alpha value is -2.30. The maximum absolute atomic E-state index is 10.8. The molecule has 0 amide bonds. The highest BCUT2D eigenvalue weighted by Gasteiger charge is 2.11. The third kappa shape index (κ3) is 3.38. The number of hydrogen-bond donors (Lipinski definition) is 1. The predicted octanol–water partition coefficient (Wildman–Crippen LogP) is 2.36. The third-order valence-electron chi connectivity index (χ3n) is 3.02. The number of aromatic carboxylic acids is 1. The zero-order chi connectivity index (χ0) is 14.7. The first-order valence-electron chi connectivity index (χ1n) is 6.43. The quantitative estimate of drug-likeness (QED) is 0.909. The van der Waals surface area contributed by atoms with E-state index in [-0.39, 0.29) is 5.69 Å². The summed E-state index contributed by atoms with van der Waals surface area (Å²) in [6.45, 7) is 4.54. The Morgan fingerprint density at radius 1 is 1.25 bits per heavy atom. The van der Waals surface area contributed by atoms with E-state index in [0.29, 0.717) is 13.0 Å². The van der Waals surface area contributed by atoms with Gasteiger partial charge in [-0.15, -0.1) is 0 Å². The highest BCUT2D eigenvalue weighted by Crippen LogP contribution is 2.16. The summed E-state index contributed by atoms with van der Waals surface area (Å²) in [7, 11) is 1.73. The van der Waals surface area contributed by atoms with Crippen LogP contribution in [0, 0.1) is 13.8 Å². The normalized spacial score (nSPS) is 10.6. The largest absolute Gasteiger partial charge is 0.493 e. The van der Waals surface area contributed by atoms with Gasteiger partial charge in [0.2, 0.25) is 0 Å². The summed E-state index contributed by atoms with van der Waals surface area (Å²) in [6, 6.07) is 7.64. The van der Waals surface area contributed by atoms with Gasteiger partial charge < -0.3 is 9.84 Å². The smallest absolute Gasteiger partial charge is 0.356 e. The van der Waals surface area contributed by atoms with E-state index in [1.54, 1.807) is 17.8 Å². The number of carbonyl (C=O) groups is 1. The van der Waals surface area contributed by atoms with E-state index in [0.717, 1.165) is 22.6 Å². The van der Waals surface area contributed by atoms with Gasteiger partial charge in [-0.2, -0.15) is 5.10 Å². The fourth-order valence-corrected chi connectivity index (χ4v) is 2.13. The summed E-state index contributed by atoms with van der Waals surface area (Å²) in [5.74, 6) is -0.176. The van der Waals surface area contributed by atoms with Gasteiger partial charge >= 0.3 is 5.97 Å². The molecule has 2 aromatic rings. The van der Waals surface area contributed by atoms with Crippen LogP contribution in [0.4, 0.5) is 0 Å². The second-order valence-corrected chi connectivity index (χ2v) is 4.87. The minimum atomic E-state index is -1.01. The molecule has 0 saturated heterocycles. The van der Waals surface area contributed by atoms with Crippen molar-refractivity contribution in [3.63, 3.8) is 0 Å². The molecule has 0 bridgehead atoms. The summed E-state index contributed by atoms with van der Waals surface area (Å²) in [5, 5.41) is 12.8. The first kappa shape index (κ1) is 14.1. The third-order valence-corrected chi connectivity index (χ3v) is 3.02. The molecule has 1 N–H and O–H groups in total. The number of carboxylic acids is 1. The van der Waals surface area contributed by atoms with Crippen molar-refractivity contribution in [3.05, 3.63) is 46.8 Å². The molecule has 0 aliphatic heterocycles. The zero-order valence-corrected chi connectivity index (χ0v) is 11.9. The molecule has 1 aromatic carbocycles. The average molecular weight is 274 g/mol. The minimum Gasteiger partial charge on any atom is -0.493 e. The number of aromatic nitrogens is 2. The van der Waals surface area contributed by atoms with Crippen molar-refractivity contribution in [1.29, 1.82) is 0 Å². The summed E-state index contributed by atoms with van der Waals surface area (Å²) in [5.41, 5.74) is 3.23. The molecule has 1 heterocycles. The number of benzene rings is 1. The molecule has 0 saturated carbocycles. The zero-order valence-electron chi connectivity index (χ0n) is 11.9. The summed E-state index contributed by atoms with van der Waals surface area (Å²) < 4.78 is 7.29. The van der Waals surface area contributed by atoms with Crippen molar-refractivity contribution >= 4 is 5.97 Å². The predicted molar refractivity (Wildman–Crippen MR) is 75.3 cm³/mol. The van der Waals surface area contributed by atoms with E-state index in [2.05, 4.69) is 11.2 Å². The molecule has 5 nitrogen and oxygen atoms in total. The number of nitrogens with zero attached hydrogens (tertiary/aromatic N) is 2. The van der Waals surface area contributed by atoms with Gasteiger partial charge in [0.15, 0.2) is 5.69 Å². The standard InChI is InChI=1S/C15H18N2O3/c1-10-6-11(2)8-13(7-10)20-5-4-12-9-14(15(18)19)16-17(12)3/h6-9H,4-5H2,1-3H3,(H,18,19). The Bertz CT molecular complexity index is 612. The minimum absolute atomic E-state index is 0.0638. The van der Waals surface area contributed by atoms with E-state index in [9.17, 15) is 4.79 Å². The Balaban J connectivity index is 1.97. The van der Waals surface area contributed by atoms with E-state index in [1.807, 2.05) is 26.0 Å². The molecule has 0 radical (unpaired) electrons. The Morgan fingerprint density at radius 2 is 1.90 bits per heavy atom. The Labute approximate surface area is 117 Å². The van der Waals surface area contributed by atoms with E-state index >= 15 is 0 Å². The number of aryl methyl sites for hydroxylation is 3. The Morgan fingerprint density at radius 3 is 2.45 bits per heavy atom. The maximum atomic E-state index is 10.8. The maximum Gasteiger partial charge on any atom is 0.356 e. The lowest BCUT2D eigenvalue weighted by atomic mass is 10.1. The summed E-state index contributed by atoms with van der Waals surface area (Å²) in [6.07, 6.45) is 0.615.